The molecular weight excluding hydrogens is 242 g/mol. The van der Waals surface area contributed by atoms with Gasteiger partial charge in [-0.05, 0) is 32.3 Å². The first-order valence-corrected chi connectivity index (χ1v) is 6.20. The number of ether oxygens (including phenoxy) is 1. The fraction of sp³-hybridized carbons (Fsp3) is 0.357. The van der Waals surface area contributed by atoms with E-state index in [0.717, 1.165) is 23.2 Å². The number of carbonyl (C=O) groups is 1. The quantitative estimate of drug-likeness (QED) is 0.857. The number of carbonyl (C=O) groups excluding carboxylic acids is 1. The lowest BCUT2D eigenvalue weighted by Crippen LogP contribution is -2.31. The molecule has 0 fully saturated rings. The summed E-state index contributed by atoms with van der Waals surface area (Å²) in [6, 6.07) is 7.52. The molecule has 0 bridgehead atoms. The Kier molecular flexibility index (Phi) is 4.06. The lowest BCUT2D eigenvalue weighted by molar-refractivity contribution is 0.0947. The van der Waals surface area contributed by atoms with E-state index in [1.807, 2.05) is 43.3 Å². The molecule has 102 valence electrons. The lowest BCUT2D eigenvalue weighted by Gasteiger charge is -2.09. The van der Waals surface area contributed by atoms with Gasteiger partial charge in [0, 0.05) is 24.0 Å². The molecule has 0 aliphatic carbocycles. The van der Waals surface area contributed by atoms with E-state index in [9.17, 15) is 4.79 Å². The Morgan fingerprint density at radius 2 is 2.21 bits per heavy atom. The Morgan fingerprint density at radius 1 is 1.42 bits per heavy atom. The van der Waals surface area contributed by atoms with Crippen molar-refractivity contribution < 1.29 is 9.53 Å². The Bertz CT molecular complexity index is 575. The Balaban J connectivity index is 2.14. The van der Waals surface area contributed by atoms with Gasteiger partial charge < -0.3 is 19.9 Å². The molecule has 0 atom stereocenters. The molecule has 0 radical (unpaired) electrons. The first kappa shape index (κ1) is 13.4. The monoisotopic (exact) mass is 261 g/mol. The molecule has 1 aromatic carbocycles. The van der Waals surface area contributed by atoms with Crippen LogP contribution in [-0.2, 0) is 0 Å². The highest BCUT2D eigenvalue weighted by Gasteiger charge is 2.11. The lowest BCUT2D eigenvalue weighted by atomic mass is 10.2. The van der Waals surface area contributed by atoms with Gasteiger partial charge in [-0.3, -0.25) is 4.79 Å². The highest BCUT2D eigenvalue weighted by Crippen LogP contribution is 2.25. The van der Waals surface area contributed by atoms with E-state index >= 15 is 0 Å². The number of hydrogen-bond donors (Lipinski definition) is 2. The molecule has 19 heavy (non-hydrogen) atoms. The third kappa shape index (κ3) is 3.06. The van der Waals surface area contributed by atoms with Crippen molar-refractivity contribution in [2.45, 2.75) is 0 Å². The molecule has 5 nitrogen and oxygen atoms in total. The Morgan fingerprint density at radius 3 is 2.89 bits per heavy atom. The Hall–Kier alpha value is -2.01. The van der Waals surface area contributed by atoms with Crippen molar-refractivity contribution in [1.82, 2.24) is 15.2 Å². The zero-order valence-corrected chi connectivity index (χ0v) is 11.5. The van der Waals surface area contributed by atoms with Crippen molar-refractivity contribution in [3.8, 4) is 5.75 Å². The number of rotatable bonds is 5. The zero-order valence-electron chi connectivity index (χ0n) is 11.5. The van der Waals surface area contributed by atoms with Crippen LogP contribution in [0, 0.1) is 0 Å². The number of hydrogen-bond acceptors (Lipinski definition) is 3. The van der Waals surface area contributed by atoms with Gasteiger partial charge in [0.2, 0.25) is 0 Å². The third-order valence-electron chi connectivity index (χ3n) is 2.93. The summed E-state index contributed by atoms with van der Waals surface area (Å²) >= 11 is 0. The van der Waals surface area contributed by atoms with Crippen molar-refractivity contribution in [3.05, 3.63) is 30.0 Å². The molecule has 1 amide bonds. The van der Waals surface area contributed by atoms with Crippen LogP contribution in [0.15, 0.2) is 24.3 Å². The maximum atomic E-state index is 12.0. The maximum Gasteiger partial charge on any atom is 0.267 e. The first-order chi connectivity index (χ1) is 9.11. The van der Waals surface area contributed by atoms with E-state index in [4.69, 9.17) is 4.74 Å². The molecule has 0 spiro atoms. The van der Waals surface area contributed by atoms with Crippen LogP contribution >= 0.6 is 0 Å². The second kappa shape index (κ2) is 5.75. The van der Waals surface area contributed by atoms with Crippen molar-refractivity contribution in [2.24, 2.45) is 0 Å². The molecule has 0 saturated carbocycles. The molecule has 1 heterocycles. The van der Waals surface area contributed by atoms with Crippen LogP contribution in [0.5, 0.6) is 5.75 Å². The van der Waals surface area contributed by atoms with Gasteiger partial charge in [0.05, 0.1) is 7.11 Å². The number of amides is 1. The number of likely N-dealkylation sites (N-methyl/N-ethyl adjacent to an activating group) is 1. The third-order valence-corrected chi connectivity index (χ3v) is 2.93. The van der Waals surface area contributed by atoms with Crippen LogP contribution in [0.1, 0.15) is 10.5 Å². The van der Waals surface area contributed by atoms with E-state index in [-0.39, 0.29) is 5.91 Å². The zero-order chi connectivity index (χ0) is 13.8. The van der Waals surface area contributed by atoms with Crippen LogP contribution < -0.4 is 10.1 Å². The van der Waals surface area contributed by atoms with Crippen molar-refractivity contribution in [1.29, 1.82) is 0 Å². The first-order valence-electron chi connectivity index (χ1n) is 6.20. The molecule has 2 N–H and O–H groups in total. The molecule has 0 aliphatic heterocycles. The van der Waals surface area contributed by atoms with Crippen LogP contribution in [0.2, 0.25) is 0 Å². The van der Waals surface area contributed by atoms with Crippen molar-refractivity contribution in [2.75, 3.05) is 34.3 Å². The fourth-order valence-corrected chi connectivity index (χ4v) is 1.92. The van der Waals surface area contributed by atoms with E-state index in [2.05, 4.69) is 10.3 Å². The standard InChI is InChI=1S/C14H19N3O2/c1-17(2)8-7-15-14(18)12-9-10-11(16-12)5-4-6-13(10)19-3/h4-6,9,16H,7-8H2,1-3H3,(H,15,18). The van der Waals surface area contributed by atoms with Gasteiger partial charge >= 0.3 is 0 Å². The van der Waals surface area contributed by atoms with Crippen molar-refractivity contribution in [3.63, 3.8) is 0 Å². The molecular formula is C14H19N3O2. The van der Waals surface area contributed by atoms with Crippen LogP contribution in [0.25, 0.3) is 10.9 Å². The molecule has 2 rings (SSSR count). The summed E-state index contributed by atoms with van der Waals surface area (Å²) in [5, 5.41) is 3.80. The molecule has 0 saturated heterocycles. The second-order valence-corrected chi connectivity index (χ2v) is 4.66. The summed E-state index contributed by atoms with van der Waals surface area (Å²) in [4.78, 5) is 17.1. The van der Waals surface area contributed by atoms with E-state index in [0.29, 0.717) is 12.2 Å². The number of aromatic amines is 1. The van der Waals surface area contributed by atoms with Crippen LogP contribution in [0.4, 0.5) is 0 Å². The summed E-state index contributed by atoms with van der Waals surface area (Å²) in [6.45, 7) is 1.44. The van der Waals surface area contributed by atoms with Crippen molar-refractivity contribution >= 4 is 16.8 Å². The van der Waals surface area contributed by atoms with Gasteiger partial charge in [0.25, 0.3) is 5.91 Å². The fourth-order valence-electron chi connectivity index (χ4n) is 1.92. The topological polar surface area (TPSA) is 57.4 Å². The highest BCUT2D eigenvalue weighted by atomic mass is 16.5. The predicted octanol–water partition coefficient (Wildman–Crippen LogP) is 1.47. The van der Waals surface area contributed by atoms with E-state index in [1.54, 1.807) is 7.11 Å². The second-order valence-electron chi connectivity index (χ2n) is 4.66. The van der Waals surface area contributed by atoms with E-state index < -0.39 is 0 Å². The predicted molar refractivity (Wildman–Crippen MR) is 75.7 cm³/mol. The average Bonchev–Trinajstić information content (AvgIpc) is 2.81. The minimum atomic E-state index is -0.0971. The Labute approximate surface area is 112 Å². The summed E-state index contributed by atoms with van der Waals surface area (Å²) in [7, 11) is 5.57. The van der Waals surface area contributed by atoms with Gasteiger partial charge in [0.15, 0.2) is 0 Å². The smallest absolute Gasteiger partial charge is 0.267 e. The summed E-state index contributed by atoms with van der Waals surface area (Å²) in [5.41, 5.74) is 1.45. The molecule has 5 heteroatoms. The number of nitrogens with one attached hydrogen (secondary N) is 2. The van der Waals surface area contributed by atoms with Crippen LogP contribution in [-0.4, -0.2) is 50.1 Å². The molecule has 0 unspecified atom stereocenters. The summed E-state index contributed by atoms with van der Waals surface area (Å²) in [6.07, 6.45) is 0. The van der Waals surface area contributed by atoms with Gasteiger partial charge in [-0.2, -0.15) is 0 Å². The highest BCUT2D eigenvalue weighted by molar-refractivity contribution is 5.99. The van der Waals surface area contributed by atoms with Gasteiger partial charge in [0.1, 0.15) is 11.4 Å². The number of H-pyrrole nitrogens is 1. The largest absolute Gasteiger partial charge is 0.496 e. The van der Waals surface area contributed by atoms with Crippen LogP contribution in [0.3, 0.4) is 0 Å². The SMILES string of the molecule is COc1cccc2[nH]c(C(=O)NCCN(C)C)cc12. The number of benzene rings is 1. The normalized spacial score (nSPS) is 10.9. The maximum absolute atomic E-state index is 12.0. The minimum absolute atomic E-state index is 0.0971. The summed E-state index contributed by atoms with van der Waals surface area (Å²) < 4.78 is 5.27. The minimum Gasteiger partial charge on any atom is -0.496 e. The van der Waals surface area contributed by atoms with E-state index in [1.165, 1.54) is 0 Å². The van der Waals surface area contributed by atoms with Gasteiger partial charge in [-0.1, -0.05) is 6.07 Å². The molecule has 2 aromatic rings. The average molecular weight is 261 g/mol. The summed E-state index contributed by atoms with van der Waals surface area (Å²) in [5.74, 6) is 0.668. The number of methoxy groups -OCH3 is 1. The van der Waals surface area contributed by atoms with Gasteiger partial charge in [-0.15, -0.1) is 0 Å². The van der Waals surface area contributed by atoms with Gasteiger partial charge in [-0.25, -0.2) is 0 Å². The molecule has 1 aromatic heterocycles. The number of nitrogens with zero attached hydrogens (tertiary/aromatic N) is 1. The number of aromatic nitrogens is 1. The molecule has 0 aliphatic rings. The number of fused-ring (bicyclic) bond motifs is 1.